The van der Waals surface area contributed by atoms with Gasteiger partial charge in [-0.25, -0.2) is 0 Å². The summed E-state index contributed by atoms with van der Waals surface area (Å²) in [6.45, 7) is 3.70. The zero-order chi connectivity index (χ0) is 14.6. The maximum absolute atomic E-state index is 11.1. The van der Waals surface area contributed by atoms with Crippen LogP contribution in [0.4, 0.5) is 0 Å². The van der Waals surface area contributed by atoms with Crippen LogP contribution in [0, 0.1) is 0 Å². The van der Waals surface area contributed by atoms with Gasteiger partial charge in [0.15, 0.2) is 23.3 Å². The second-order valence-electron chi connectivity index (χ2n) is 3.98. The summed E-state index contributed by atoms with van der Waals surface area (Å²) in [5.41, 5.74) is 0. The number of halogens is 1. The van der Waals surface area contributed by atoms with E-state index in [-0.39, 0.29) is 6.61 Å². The second-order valence-corrected chi connectivity index (χ2v) is 4.88. The Morgan fingerprint density at radius 1 is 0.947 bits per heavy atom. The SMILES string of the molecule is CC(=O)O[C@H]1[C@H](OC(C)=O)[C@H](OC(C)=O)CO[C@@H]1Br. The van der Waals surface area contributed by atoms with E-state index in [1.165, 1.54) is 20.8 Å². The van der Waals surface area contributed by atoms with Crippen molar-refractivity contribution in [2.75, 3.05) is 6.61 Å². The predicted octanol–water partition coefficient (Wildman–Crippen LogP) is 0.533. The third-order valence-electron chi connectivity index (χ3n) is 2.29. The standard InChI is InChI=1S/C11H15BrO7/c1-5(13)17-8-4-16-11(12)10(19-7(3)15)9(8)18-6(2)14/h8-11H,4H2,1-3H3/t8-,9-,10+,11+/m1/s1. The van der Waals surface area contributed by atoms with Crippen LogP contribution in [0.25, 0.3) is 0 Å². The minimum atomic E-state index is -0.913. The first-order chi connectivity index (χ1) is 8.81. The molecule has 1 saturated heterocycles. The zero-order valence-corrected chi connectivity index (χ0v) is 12.3. The van der Waals surface area contributed by atoms with E-state index >= 15 is 0 Å². The Hall–Kier alpha value is -1.15. The summed E-state index contributed by atoms with van der Waals surface area (Å²) in [6, 6.07) is 0. The summed E-state index contributed by atoms with van der Waals surface area (Å²) in [4.78, 5) is 33.2. The molecular weight excluding hydrogens is 324 g/mol. The average Bonchev–Trinajstić information content (AvgIpc) is 2.25. The van der Waals surface area contributed by atoms with Crippen LogP contribution in [-0.2, 0) is 33.3 Å². The maximum Gasteiger partial charge on any atom is 0.303 e. The summed E-state index contributed by atoms with van der Waals surface area (Å²) in [7, 11) is 0. The van der Waals surface area contributed by atoms with Crippen LogP contribution in [0.1, 0.15) is 20.8 Å². The van der Waals surface area contributed by atoms with E-state index in [2.05, 4.69) is 15.9 Å². The molecule has 0 aromatic heterocycles. The van der Waals surface area contributed by atoms with Gasteiger partial charge in [-0.3, -0.25) is 14.4 Å². The highest BCUT2D eigenvalue weighted by molar-refractivity contribution is 9.09. The quantitative estimate of drug-likeness (QED) is 0.421. The Balaban J connectivity index is 2.89. The first-order valence-corrected chi connectivity index (χ1v) is 6.50. The molecule has 1 heterocycles. The topological polar surface area (TPSA) is 88.1 Å². The third-order valence-corrected chi connectivity index (χ3v) is 3.08. The highest BCUT2D eigenvalue weighted by Gasteiger charge is 2.45. The third kappa shape index (κ3) is 4.79. The smallest absolute Gasteiger partial charge is 0.303 e. The van der Waals surface area contributed by atoms with Crippen molar-refractivity contribution in [2.45, 2.75) is 44.1 Å². The first-order valence-electron chi connectivity index (χ1n) is 5.58. The summed E-state index contributed by atoms with van der Waals surface area (Å²) in [6.07, 6.45) is -2.62. The highest BCUT2D eigenvalue weighted by Crippen LogP contribution is 2.27. The molecule has 19 heavy (non-hydrogen) atoms. The summed E-state index contributed by atoms with van der Waals surface area (Å²) in [5.74, 6) is -1.67. The Kier molecular flexibility index (Phi) is 5.74. The summed E-state index contributed by atoms with van der Waals surface area (Å²) >= 11 is 3.18. The molecule has 0 aromatic carbocycles. The fourth-order valence-corrected chi connectivity index (χ4v) is 2.26. The van der Waals surface area contributed by atoms with Gasteiger partial charge in [-0.2, -0.15) is 0 Å². The molecule has 0 spiro atoms. The van der Waals surface area contributed by atoms with Crippen molar-refractivity contribution in [3.05, 3.63) is 0 Å². The molecule has 0 aromatic rings. The average molecular weight is 339 g/mol. The first kappa shape index (κ1) is 15.9. The molecule has 1 aliphatic rings. The number of rotatable bonds is 3. The molecule has 0 saturated carbocycles. The lowest BCUT2D eigenvalue weighted by molar-refractivity contribution is -0.212. The van der Waals surface area contributed by atoms with Crippen molar-refractivity contribution in [3.63, 3.8) is 0 Å². The molecule has 0 amide bonds. The van der Waals surface area contributed by atoms with Gasteiger partial charge >= 0.3 is 17.9 Å². The maximum atomic E-state index is 11.1. The highest BCUT2D eigenvalue weighted by atomic mass is 79.9. The van der Waals surface area contributed by atoms with Crippen LogP contribution in [0.5, 0.6) is 0 Å². The lowest BCUT2D eigenvalue weighted by Gasteiger charge is -2.38. The molecule has 1 fully saturated rings. The number of ether oxygens (including phenoxy) is 4. The molecule has 8 heteroatoms. The fourth-order valence-electron chi connectivity index (χ4n) is 1.70. The molecule has 108 valence electrons. The van der Waals surface area contributed by atoms with Gasteiger partial charge in [0.2, 0.25) is 0 Å². The molecule has 1 aliphatic heterocycles. The van der Waals surface area contributed by atoms with E-state index in [1.807, 2.05) is 0 Å². The molecule has 0 N–H and O–H groups in total. The van der Waals surface area contributed by atoms with Crippen molar-refractivity contribution in [1.29, 1.82) is 0 Å². The van der Waals surface area contributed by atoms with Gasteiger partial charge in [0, 0.05) is 20.8 Å². The molecule has 0 unspecified atom stereocenters. The second kappa shape index (κ2) is 6.85. The molecule has 0 aliphatic carbocycles. The van der Waals surface area contributed by atoms with Gasteiger partial charge < -0.3 is 18.9 Å². The monoisotopic (exact) mass is 338 g/mol. The number of alkyl halides is 1. The van der Waals surface area contributed by atoms with Gasteiger partial charge in [0.05, 0.1) is 6.61 Å². The van der Waals surface area contributed by atoms with Crippen molar-refractivity contribution in [2.24, 2.45) is 0 Å². The zero-order valence-electron chi connectivity index (χ0n) is 10.8. The lowest BCUT2D eigenvalue weighted by Crippen LogP contribution is -2.55. The van der Waals surface area contributed by atoms with E-state index in [0.717, 1.165) is 0 Å². The van der Waals surface area contributed by atoms with Gasteiger partial charge in [-0.05, 0) is 0 Å². The van der Waals surface area contributed by atoms with Gasteiger partial charge in [-0.15, -0.1) is 0 Å². The normalized spacial score (nSPS) is 30.3. The lowest BCUT2D eigenvalue weighted by atomic mass is 10.1. The number of esters is 3. The van der Waals surface area contributed by atoms with Crippen LogP contribution in [0.15, 0.2) is 0 Å². The number of hydrogen-bond acceptors (Lipinski definition) is 7. The van der Waals surface area contributed by atoms with Crippen LogP contribution >= 0.6 is 15.9 Å². The van der Waals surface area contributed by atoms with E-state index in [4.69, 9.17) is 18.9 Å². The van der Waals surface area contributed by atoms with Crippen molar-refractivity contribution in [1.82, 2.24) is 0 Å². The number of carbonyl (C=O) groups is 3. The minimum absolute atomic E-state index is 0.0329. The van der Waals surface area contributed by atoms with E-state index in [1.54, 1.807) is 0 Å². The van der Waals surface area contributed by atoms with E-state index in [0.29, 0.717) is 0 Å². The van der Waals surface area contributed by atoms with Gasteiger partial charge in [-0.1, -0.05) is 15.9 Å². The van der Waals surface area contributed by atoms with Gasteiger partial charge in [0.1, 0.15) is 0 Å². The Labute approximate surface area is 118 Å². The predicted molar refractivity (Wildman–Crippen MR) is 65.3 cm³/mol. The Morgan fingerprint density at radius 2 is 1.42 bits per heavy atom. The van der Waals surface area contributed by atoms with Crippen molar-refractivity contribution < 1.29 is 33.3 Å². The van der Waals surface area contributed by atoms with Crippen LogP contribution in [0.2, 0.25) is 0 Å². The molecule has 0 bridgehead atoms. The van der Waals surface area contributed by atoms with Crippen LogP contribution in [-0.4, -0.2) is 47.8 Å². The van der Waals surface area contributed by atoms with Crippen molar-refractivity contribution >= 4 is 33.8 Å². The number of hydrogen-bond donors (Lipinski definition) is 0. The van der Waals surface area contributed by atoms with E-state index < -0.39 is 41.2 Å². The van der Waals surface area contributed by atoms with Gasteiger partial charge in [0.25, 0.3) is 0 Å². The minimum Gasteiger partial charge on any atom is -0.456 e. The fraction of sp³-hybridized carbons (Fsp3) is 0.727. The van der Waals surface area contributed by atoms with E-state index in [9.17, 15) is 14.4 Å². The molecule has 0 radical (unpaired) electrons. The summed E-state index contributed by atoms with van der Waals surface area (Å²) < 4.78 is 20.4. The Bertz CT molecular complexity index is 370. The van der Waals surface area contributed by atoms with Crippen molar-refractivity contribution in [3.8, 4) is 0 Å². The van der Waals surface area contributed by atoms with Crippen LogP contribution in [0.3, 0.4) is 0 Å². The van der Waals surface area contributed by atoms with Crippen LogP contribution < -0.4 is 0 Å². The molecular formula is C11H15BrO7. The summed E-state index contributed by atoms with van der Waals surface area (Å²) in [5, 5.41) is -0.646. The molecule has 7 nitrogen and oxygen atoms in total. The molecule has 1 rings (SSSR count). The Morgan fingerprint density at radius 3 is 1.89 bits per heavy atom. The number of carbonyl (C=O) groups excluding carboxylic acids is 3. The largest absolute Gasteiger partial charge is 0.456 e. The molecule has 4 atom stereocenters.